The van der Waals surface area contributed by atoms with E-state index >= 15 is 0 Å². The molecule has 0 bridgehead atoms. The molecule has 0 amide bonds. The standard InChI is InChI=1S/C25H26N4O4/c1-14-26-25-27-18-10-16(15-8-6-5-7-9-15)11-19(30)23(18)24(29(25)28-14)17-12-21(32-3)22(33-4)13-20(17)31-2/h5-9,12-13,16,24H,10-11H2,1-4H3,(H,26,27,28). The van der Waals surface area contributed by atoms with E-state index in [1.54, 1.807) is 32.1 Å². The Morgan fingerprint density at radius 1 is 0.970 bits per heavy atom. The minimum atomic E-state index is -0.489. The molecule has 2 heterocycles. The number of ether oxygens (including phenoxy) is 3. The number of nitrogens with zero attached hydrogens (tertiary/aromatic N) is 3. The Balaban J connectivity index is 1.68. The van der Waals surface area contributed by atoms with Gasteiger partial charge in [0.15, 0.2) is 17.3 Å². The van der Waals surface area contributed by atoms with Crippen LogP contribution >= 0.6 is 0 Å². The molecule has 33 heavy (non-hydrogen) atoms. The molecule has 2 aromatic carbocycles. The van der Waals surface area contributed by atoms with E-state index in [1.807, 2.05) is 31.2 Å². The van der Waals surface area contributed by atoms with Crippen LogP contribution in [0.4, 0.5) is 5.95 Å². The van der Waals surface area contributed by atoms with Gasteiger partial charge in [-0.05, 0) is 30.9 Å². The molecule has 0 fully saturated rings. The van der Waals surface area contributed by atoms with Gasteiger partial charge < -0.3 is 19.5 Å². The number of carbonyl (C=O) groups excluding carboxylic acids is 1. The molecule has 0 radical (unpaired) electrons. The van der Waals surface area contributed by atoms with Crippen LogP contribution in [0, 0.1) is 6.92 Å². The van der Waals surface area contributed by atoms with Gasteiger partial charge in [-0.25, -0.2) is 4.68 Å². The van der Waals surface area contributed by atoms with E-state index in [0.717, 1.165) is 16.8 Å². The maximum atomic E-state index is 13.6. The number of rotatable bonds is 5. The smallest absolute Gasteiger partial charge is 0.226 e. The Labute approximate surface area is 192 Å². The molecule has 1 aromatic heterocycles. The maximum Gasteiger partial charge on any atom is 0.226 e. The molecule has 1 aliphatic heterocycles. The molecule has 8 heteroatoms. The van der Waals surface area contributed by atoms with Gasteiger partial charge in [-0.15, -0.1) is 0 Å². The van der Waals surface area contributed by atoms with Gasteiger partial charge in [0, 0.05) is 29.3 Å². The minimum absolute atomic E-state index is 0.0817. The van der Waals surface area contributed by atoms with Crippen molar-refractivity contribution < 1.29 is 19.0 Å². The molecule has 2 aliphatic rings. The van der Waals surface area contributed by atoms with Crippen LogP contribution in [0.5, 0.6) is 17.2 Å². The topological polar surface area (TPSA) is 87.5 Å². The summed E-state index contributed by atoms with van der Waals surface area (Å²) in [7, 11) is 4.76. The second kappa shape index (κ2) is 8.27. The summed E-state index contributed by atoms with van der Waals surface area (Å²) in [6.07, 6.45) is 1.14. The molecule has 1 N–H and O–H groups in total. The summed E-state index contributed by atoms with van der Waals surface area (Å²) >= 11 is 0. The average molecular weight is 447 g/mol. The van der Waals surface area contributed by atoms with Crippen molar-refractivity contribution in [3.8, 4) is 17.2 Å². The molecule has 0 spiro atoms. The Hall–Kier alpha value is -3.81. The number of allylic oxidation sites excluding steroid dienone is 2. The van der Waals surface area contributed by atoms with Crippen molar-refractivity contribution >= 4 is 11.7 Å². The number of ketones is 1. The Bertz CT molecular complexity index is 1250. The number of hydrogen-bond acceptors (Lipinski definition) is 7. The Morgan fingerprint density at radius 3 is 2.36 bits per heavy atom. The van der Waals surface area contributed by atoms with Crippen molar-refractivity contribution in [3.05, 3.63) is 70.7 Å². The van der Waals surface area contributed by atoms with Gasteiger partial charge in [-0.3, -0.25) is 4.79 Å². The summed E-state index contributed by atoms with van der Waals surface area (Å²) in [5.41, 5.74) is 3.48. The van der Waals surface area contributed by atoms with E-state index in [4.69, 9.17) is 14.2 Å². The lowest BCUT2D eigenvalue weighted by Gasteiger charge is -2.35. The fraction of sp³-hybridized carbons (Fsp3) is 0.320. The van der Waals surface area contributed by atoms with Gasteiger partial charge in [0.1, 0.15) is 17.6 Å². The highest BCUT2D eigenvalue weighted by Crippen LogP contribution is 2.48. The first kappa shape index (κ1) is 21.1. The molecule has 5 rings (SSSR count). The molecule has 3 aromatic rings. The quantitative estimate of drug-likeness (QED) is 0.633. The van der Waals surface area contributed by atoms with Gasteiger partial charge >= 0.3 is 0 Å². The lowest BCUT2D eigenvalue weighted by Crippen LogP contribution is -2.33. The monoisotopic (exact) mass is 446 g/mol. The predicted molar refractivity (Wildman–Crippen MR) is 123 cm³/mol. The highest BCUT2D eigenvalue weighted by atomic mass is 16.5. The number of methoxy groups -OCH3 is 3. The van der Waals surface area contributed by atoms with Crippen LogP contribution < -0.4 is 19.5 Å². The normalized spacial score (nSPS) is 19.5. The minimum Gasteiger partial charge on any atom is -0.496 e. The van der Waals surface area contributed by atoms with E-state index in [9.17, 15) is 4.79 Å². The summed E-state index contributed by atoms with van der Waals surface area (Å²) in [5.74, 6) is 3.10. The molecule has 8 nitrogen and oxygen atoms in total. The number of anilines is 1. The second-order valence-electron chi connectivity index (χ2n) is 8.24. The summed E-state index contributed by atoms with van der Waals surface area (Å²) < 4.78 is 18.5. The van der Waals surface area contributed by atoms with Crippen molar-refractivity contribution in [2.24, 2.45) is 0 Å². The van der Waals surface area contributed by atoms with Crippen molar-refractivity contribution in [1.82, 2.24) is 14.8 Å². The zero-order chi connectivity index (χ0) is 23.1. The number of aryl methyl sites for hydroxylation is 1. The zero-order valence-corrected chi connectivity index (χ0v) is 19.1. The zero-order valence-electron chi connectivity index (χ0n) is 19.1. The van der Waals surface area contributed by atoms with Gasteiger partial charge in [0.05, 0.1) is 21.3 Å². The van der Waals surface area contributed by atoms with Crippen LogP contribution in [0.1, 0.15) is 41.8 Å². The highest BCUT2D eigenvalue weighted by Gasteiger charge is 2.41. The molecular weight excluding hydrogens is 420 g/mol. The third-order valence-corrected chi connectivity index (χ3v) is 6.33. The molecule has 0 saturated carbocycles. The number of aromatic nitrogens is 3. The maximum absolute atomic E-state index is 13.6. The fourth-order valence-corrected chi connectivity index (χ4v) is 4.83. The number of nitrogens with one attached hydrogen (secondary N) is 1. The van der Waals surface area contributed by atoms with Crippen molar-refractivity contribution in [2.75, 3.05) is 26.6 Å². The Kier molecular flexibility index (Phi) is 5.28. The SMILES string of the molecule is COc1cc(OC)c(C2C3=C(CC(c4ccccc4)CC3=O)Nc3nc(C)nn32)cc1OC. The van der Waals surface area contributed by atoms with Gasteiger partial charge in [-0.1, -0.05) is 30.3 Å². The van der Waals surface area contributed by atoms with Crippen molar-refractivity contribution in [1.29, 1.82) is 0 Å². The fourth-order valence-electron chi connectivity index (χ4n) is 4.83. The highest BCUT2D eigenvalue weighted by molar-refractivity contribution is 6.00. The van der Waals surface area contributed by atoms with Gasteiger partial charge in [-0.2, -0.15) is 10.1 Å². The summed E-state index contributed by atoms with van der Waals surface area (Å²) in [4.78, 5) is 18.2. The summed E-state index contributed by atoms with van der Waals surface area (Å²) in [5, 5.41) is 8.00. The van der Waals surface area contributed by atoms with Crippen LogP contribution in [0.2, 0.25) is 0 Å². The number of fused-ring (bicyclic) bond motifs is 1. The predicted octanol–water partition coefficient (Wildman–Crippen LogP) is 4.03. The summed E-state index contributed by atoms with van der Waals surface area (Å²) in [6, 6.07) is 13.3. The Morgan fingerprint density at radius 2 is 1.67 bits per heavy atom. The average Bonchev–Trinajstić information content (AvgIpc) is 3.21. The van der Waals surface area contributed by atoms with Crippen molar-refractivity contribution in [3.63, 3.8) is 0 Å². The molecule has 1 aliphatic carbocycles. The lowest BCUT2D eigenvalue weighted by atomic mass is 9.77. The molecule has 2 unspecified atom stereocenters. The van der Waals surface area contributed by atoms with Crippen LogP contribution in [0.25, 0.3) is 0 Å². The van der Waals surface area contributed by atoms with E-state index in [-0.39, 0.29) is 11.7 Å². The molecule has 0 saturated heterocycles. The molecule has 2 atom stereocenters. The molecular formula is C25H26N4O4. The van der Waals surface area contributed by atoms with E-state index < -0.39 is 6.04 Å². The van der Waals surface area contributed by atoms with Crippen LogP contribution in [-0.4, -0.2) is 41.9 Å². The first-order valence-corrected chi connectivity index (χ1v) is 10.8. The van der Waals surface area contributed by atoms with E-state index in [0.29, 0.717) is 47.4 Å². The summed E-state index contributed by atoms with van der Waals surface area (Å²) in [6.45, 7) is 1.84. The van der Waals surface area contributed by atoms with Crippen LogP contribution in [-0.2, 0) is 4.79 Å². The van der Waals surface area contributed by atoms with Crippen LogP contribution in [0.3, 0.4) is 0 Å². The largest absolute Gasteiger partial charge is 0.496 e. The van der Waals surface area contributed by atoms with E-state index in [2.05, 4.69) is 27.5 Å². The van der Waals surface area contributed by atoms with Gasteiger partial charge in [0.25, 0.3) is 0 Å². The first-order chi connectivity index (χ1) is 16.0. The third-order valence-electron chi connectivity index (χ3n) is 6.33. The second-order valence-corrected chi connectivity index (χ2v) is 8.24. The number of carbonyl (C=O) groups is 1. The first-order valence-electron chi connectivity index (χ1n) is 10.8. The third kappa shape index (κ3) is 3.51. The lowest BCUT2D eigenvalue weighted by molar-refractivity contribution is -0.116. The van der Waals surface area contributed by atoms with Gasteiger partial charge in [0.2, 0.25) is 5.95 Å². The van der Waals surface area contributed by atoms with Crippen LogP contribution in [0.15, 0.2) is 53.7 Å². The number of Topliss-reactive ketones (excluding diaryl/α,β-unsaturated/α-hetero) is 1. The molecule has 170 valence electrons. The number of hydrogen-bond donors (Lipinski definition) is 1. The number of benzene rings is 2. The van der Waals surface area contributed by atoms with Crippen molar-refractivity contribution in [2.45, 2.75) is 31.7 Å². The van der Waals surface area contributed by atoms with E-state index in [1.165, 1.54) is 0 Å².